The smallest absolute Gasteiger partial charge is 0.267 e. The molecule has 2 heterocycles. The van der Waals surface area contributed by atoms with Crippen LogP contribution in [0.2, 0.25) is 5.02 Å². The average Bonchev–Trinajstić information content (AvgIpc) is 2.91. The number of rotatable bonds is 3. The largest absolute Gasteiger partial charge is 0.359 e. The molecule has 0 unspecified atom stereocenters. The maximum absolute atomic E-state index is 11.6. The Balaban J connectivity index is 1.86. The normalized spacial score (nSPS) is 10.7. The Hall–Kier alpha value is -2.40. The molecule has 0 amide bonds. The van der Waals surface area contributed by atoms with Crippen LogP contribution in [0.1, 0.15) is 5.76 Å². The average molecular weight is 288 g/mol. The highest BCUT2D eigenvalue weighted by Gasteiger charge is 2.08. The van der Waals surface area contributed by atoms with Gasteiger partial charge in [-0.25, -0.2) is 4.68 Å². The van der Waals surface area contributed by atoms with Gasteiger partial charge in [0.05, 0.1) is 0 Å². The Kier molecular flexibility index (Phi) is 3.35. The maximum atomic E-state index is 11.6. The van der Waals surface area contributed by atoms with Gasteiger partial charge < -0.3 is 4.52 Å². The maximum Gasteiger partial charge on any atom is 0.267 e. The lowest BCUT2D eigenvalue weighted by Gasteiger charge is -1.98. The molecule has 20 heavy (non-hydrogen) atoms. The first-order valence-corrected chi connectivity index (χ1v) is 6.34. The van der Waals surface area contributed by atoms with Gasteiger partial charge in [0.25, 0.3) is 5.56 Å². The van der Waals surface area contributed by atoms with Crippen LogP contribution in [0.25, 0.3) is 11.3 Å². The molecule has 0 atom stereocenters. The second-order valence-electron chi connectivity index (χ2n) is 4.20. The van der Waals surface area contributed by atoms with Gasteiger partial charge in [-0.05, 0) is 18.2 Å². The zero-order valence-corrected chi connectivity index (χ0v) is 11.1. The van der Waals surface area contributed by atoms with Crippen molar-refractivity contribution in [1.82, 2.24) is 14.9 Å². The summed E-state index contributed by atoms with van der Waals surface area (Å²) in [6.45, 7) is 0.250. The van der Waals surface area contributed by atoms with Gasteiger partial charge >= 0.3 is 0 Å². The highest BCUT2D eigenvalue weighted by atomic mass is 35.5. The van der Waals surface area contributed by atoms with Crippen molar-refractivity contribution in [3.8, 4) is 11.3 Å². The second-order valence-corrected chi connectivity index (χ2v) is 4.64. The highest BCUT2D eigenvalue weighted by Crippen LogP contribution is 2.21. The predicted octanol–water partition coefficient (Wildman–Crippen LogP) is 2.60. The first kappa shape index (κ1) is 12.6. The Morgan fingerprint density at radius 1 is 1.20 bits per heavy atom. The number of aromatic nitrogens is 3. The van der Waals surface area contributed by atoms with E-state index >= 15 is 0 Å². The lowest BCUT2D eigenvalue weighted by Crippen LogP contribution is -2.21. The van der Waals surface area contributed by atoms with Crippen molar-refractivity contribution in [2.45, 2.75) is 6.54 Å². The summed E-state index contributed by atoms with van der Waals surface area (Å²) in [6, 6.07) is 12.1. The summed E-state index contributed by atoms with van der Waals surface area (Å²) in [5.41, 5.74) is 1.41. The summed E-state index contributed by atoms with van der Waals surface area (Å²) in [4.78, 5) is 11.6. The first-order valence-electron chi connectivity index (χ1n) is 5.96. The van der Waals surface area contributed by atoms with Gasteiger partial charge in [-0.1, -0.05) is 28.9 Å². The van der Waals surface area contributed by atoms with Crippen LogP contribution in [0.15, 0.2) is 58.0 Å². The quantitative estimate of drug-likeness (QED) is 0.743. The van der Waals surface area contributed by atoms with Gasteiger partial charge in [0.15, 0.2) is 5.76 Å². The van der Waals surface area contributed by atoms with Crippen molar-refractivity contribution in [3.05, 3.63) is 69.8 Å². The van der Waals surface area contributed by atoms with Crippen LogP contribution >= 0.6 is 11.6 Å². The van der Waals surface area contributed by atoms with Crippen molar-refractivity contribution in [2.24, 2.45) is 0 Å². The molecular weight excluding hydrogens is 278 g/mol. The van der Waals surface area contributed by atoms with Crippen molar-refractivity contribution in [3.63, 3.8) is 0 Å². The Bertz CT molecular complexity index is 777. The SMILES string of the molecule is O=c1cccnn1Cc1cc(-c2ccc(Cl)cc2)no1. The molecule has 6 heteroatoms. The first-order chi connectivity index (χ1) is 9.72. The standard InChI is InChI=1S/C14H10ClN3O2/c15-11-5-3-10(4-6-11)13-8-12(20-17-13)9-18-14(19)2-1-7-16-18/h1-8H,9H2. The lowest BCUT2D eigenvalue weighted by molar-refractivity contribution is 0.370. The minimum atomic E-state index is -0.183. The molecule has 0 N–H and O–H groups in total. The molecule has 1 aromatic carbocycles. The molecular formula is C14H10ClN3O2. The van der Waals surface area contributed by atoms with Crippen LogP contribution in [-0.2, 0) is 6.54 Å². The minimum Gasteiger partial charge on any atom is -0.359 e. The van der Waals surface area contributed by atoms with Crippen LogP contribution in [-0.4, -0.2) is 14.9 Å². The minimum absolute atomic E-state index is 0.183. The molecule has 5 nitrogen and oxygen atoms in total. The van der Waals surface area contributed by atoms with E-state index in [0.29, 0.717) is 16.5 Å². The Labute approximate surface area is 119 Å². The summed E-state index contributed by atoms with van der Waals surface area (Å²) >= 11 is 5.84. The van der Waals surface area contributed by atoms with Gasteiger partial charge in [0, 0.05) is 28.9 Å². The van der Waals surface area contributed by atoms with Crippen LogP contribution in [0, 0.1) is 0 Å². The van der Waals surface area contributed by atoms with Gasteiger partial charge in [0.1, 0.15) is 12.2 Å². The zero-order chi connectivity index (χ0) is 13.9. The monoisotopic (exact) mass is 287 g/mol. The van der Waals surface area contributed by atoms with E-state index in [9.17, 15) is 4.79 Å². The third kappa shape index (κ3) is 2.62. The molecule has 3 aromatic rings. The molecule has 0 spiro atoms. The molecule has 3 rings (SSSR count). The van der Waals surface area contributed by atoms with Crippen LogP contribution in [0.3, 0.4) is 0 Å². The third-order valence-electron chi connectivity index (χ3n) is 2.79. The van der Waals surface area contributed by atoms with E-state index in [1.54, 1.807) is 30.5 Å². The van der Waals surface area contributed by atoms with Crippen LogP contribution in [0.5, 0.6) is 0 Å². The fourth-order valence-corrected chi connectivity index (χ4v) is 1.92. The molecule has 0 bridgehead atoms. The molecule has 0 aliphatic heterocycles. The summed E-state index contributed by atoms with van der Waals surface area (Å²) < 4.78 is 6.54. The Morgan fingerprint density at radius 3 is 2.75 bits per heavy atom. The molecule has 2 aromatic heterocycles. The van der Waals surface area contributed by atoms with E-state index in [4.69, 9.17) is 16.1 Å². The number of nitrogens with zero attached hydrogens (tertiary/aromatic N) is 3. The molecule has 0 radical (unpaired) electrons. The van der Waals surface area contributed by atoms with E-state index in [2.05, 4.69) is 10.3 Å². The topological polar surface area (TPSA) is 60.9 Å². The summed E-state index contributed by atoms with van der Waals surface area (Å²) in [7, 11) is 0. The molecule has 0 saturated heterocycles. The van der Waals surface area contributed by atoms with Gasteiger partial charge in [0.2, 0.25) is 0 Å². The molecule has 0 saturated carbocycles. The predicted molar refractivity (Wildman–Crippen MR) is 74.5 cm³/mol. The lowest BCUT2D eigenvalue weighted by atomic mass is 10.1. The van der Waals surface area contributed by atoms with E-state index in [-0.39, 0.29) is 12.1 Å². The molecule has 0 fully saturated rings. The number of halogens is 1. The van der Waals surface area contributed by atoms with E-state index in [0.717, 1.165) is 5.56 Å². The number of hydrogen-bond donors (Lipinski definition) is 0. The molecule has 100 valence electrons. The highest BCUT2D eigenvalue weighted by molar-refractivity contribution is 6.30. The van der Waals surface area contributed by atoms with E-state index in [1.807, 2.05) is 12.1 Å². The number of benzene rings is 1. The molecule has 0 aliphatic carbocycles. The van der Waals surface area contributed by atoms with Gasteiger partial charge in [-0.15, -0.1) is 0 Å². The van der Waals surface area contributed by atoms with Gasteiger partial charge in [-0.2, -0.15) is 5.10 Å². The van der Waals surface area contributed by atoms with Crippen LogP contribution in [0.4, 0.5) is 0 Å². The van der Waals surface area contributed by atoms with Crippen LogP contribution < -0.4 is 5.56 Å². The number of hydrogen-bond acceptors (Lipinski definition) is 4. The van der Waals surface area contributed by atoms with Crippen molar-refractivity contribution in [2.75, 3.05) is 0 Å². The third-order valence-corrected chi connectivity index (χ3v) is 3.04. The zero-order valence-electron chi connectivity index (χ0n) is 10.4. The van der Waals surface area contributed by atoms with E-state index in [1.165, 1.54) is 10.7 Å². The fraction of sp³-hybridized carbons (Fsp3) is 0.0714. The fourth-order valence-electron chi connectivity index (χ4n) is 1.80. The van der Waals surface area contributed by atoms with Crippen molar-refractivity contribution < 1.29 is 4.52 Å². The summed E-state index contributed by atoms with van der Waals surface area (Å²) in [6.07, 6.45) is 1.55. The second kappa shape index (κ2) is 5.30. The van der Waals surface area contributed by atoms with Gasteiger partial charge in [-0.3, -0.25) is 4.79 Å². The Morgan fingerprint density at radius 2 is 2.00 bits per heavy atom. The van der Waals surface area contributed by atoms with Crippen molar-refractivity contribution in [1.29, 1.82) is 0 Å². The summed E-state index contributed by atoms with van der Waals surface area (Å²) in [5, 5.41) is 8.61. The van der Waals surface area contributed by atoms with Crippen molar-refractivity contribution >= 4 is 11.6 Å². The molecule has 0 aliphatic rings. The summed E-state index contributed by atoms with van der Waals surface area (Å²) in [5.74, 6) is 0.566. The van der Waals surface area contributed by atoms with E-state index < -0.39 is 0 Å².